The number of ether oxygens (including phenoxy) is 5. The highest BCUT2D eigenvalue weighted by Gasteiger charge is 2.30. The van der Waals surface area contributed by atoms with Crippen LogP contribution in [0, 0.1) is 0 Å². The standard InChI is InChI=1S/C62H48O9/c1-62(2,3)43-24-26-44(27-25-43)71-52-34-51(61(66)70-38-42-22-14-7-15-23-42)55-50(60(65)69-37-41-20-12-6-13-21-41)32-29-46-45-28-31-48(58(63)67-35-39-16-8-4-9-17-39)54-49(33-30-47(53(45)54)56(52)57(46)55)59(64)68-36-40-18-10-5-11-19-40/h4-34H,35-38H2,1-3H3. The Morgan fingerprint density at radius 3 is 1.10 bits per heavy atom. The maximum atomic E-state index is 14.7. The number of rotatable bonds is 14. The number of benzene rings is 10. The Hall–Kier alpha value is -8.82. The summed E-state index contributed by atoms with van der Waals surface area (Å²) in [5, 5.41) is 4.00. The summed E-state index contributed by atoms with van der Waals surface area (Å²) in [6, 6.07) is 57.1. The molecular formula is C62H48O9. The van der Waals surface area contributed by atoms with Gasteiger partial charge in [-0.2, -0.15) is 0 Å². The van der Waals surface area contributed by atoms with Crippen LogP contribution in [0.1, 0.15) is 90.0 Å². The molecule has 0 aromatic heterocycles. The van der Waals surface area contributed by atoms with Crippen LogP contribution in [0.3, 0.4) is 0 Å². The molecule has 9 heteroatoms. The molecule has 71 heavy (non-hydrogen) atoms. The summed E-state index contributed by atoms with van der Waals surface area (Å²) in [4.78, 5) is 58.1. The maximum absolute atomic E-state index is 14.7. The molecule has 10 rings (SSSR count). The minimum atomic E-state index is -0.688. The van der Waals surface area contributed by atoms with Gasteiger partial charge in [0, 0.05) is 21.5 Å². The molecule has 0 radical (unpaired) electrons. The van der Waals surface area contributed by atoms with E-state index in [1.807, 2.05) is 146 Å². The van der Waals surface area contributed by atoms with E-state index in [1.165, 1.54) is 0 Å². The summed E-state index contributed by atoms with van der Waals surface area (Å²) in [5.74, 6) is -1.88. The van der Waals surface area contributed by atoms with Crippen LogP contribution in [0.2, 0.25) is 0 Å². The number of esters is 4. The van der Waals surface area contributed by atoms with Gasteiger partial charge in [-0.3, -0.25) is 0 Å². The molecule has 350 valence electrons. The first kappa shape index (κ1) is 45.9. The van der Waals surface area contributed by atoms with Crippen molar-refractivity contribution in [2.75, 3.05) is 0 Å². The van der Waals surface area contributed by atoms with Crippen LogP contribution >= 0.6 is 0 Å². The topological polar surface area (TPSA) is 114 Å². The smallest absolute Gasteiger partial charge is 0.339 e. The fourth-order valence-corrected chi connectivity index (χ4v) is 9.07. The zero-order valence-electron chi connectivity index (χ0n) is 39.4. The van der Waals surface area contributed by atoms with Gasteiger partial charge in [-0.15, -0.1) is 0 Å². The minimum Gasteiger partial charge on any atom is -0.457 e. The fourth-order valence-electron chi connectivity index (χ4n) is 9.07. The average molecular weight is 937 g/mol. The molecule has 0 saturated carbocycles. The summed E-state index contributed by atoms with van der Waals surface area (Å²) >= 11 is 0. The second-order valence-electron chi connectivity index (χ2n) is 18.4. The first-order valence-corrected chi connectivity index (χ1v) is 23.4. The van der Waals surface area contributed by atoms with Gasteiger partial charge in [0.15, 0.2) is 0 Å². The highest BCUT2D eigenvalue weighted by atomic mass is 16.5. The molecule has 0 saturated heterocycles. The second-order valence-corrected chi connectivity index (χ2v) is 18.4. The Kier molecular flexibility index (Phi) is 12.7. The first-order valence-electron chi connectivity index (χ1n) is 23.4. The van der Waals surface area contributed by atoms with Crippen LogP contribution in [-0.4, -0.2) is 23.9 Å². The summed E-state index contributed by atoms with van der Waals surface area (Å²) in [7, 11) is 0. The predicted octanol–water partition coefficient (Wildman–Crippen LogP) is 14.3. The summed E-state index contributed by atoms with van der Waals surface area (Å²) in [5.41, 5.74) is 4.61. The van der Waals surface area contributed by atoms with E-state index in [9.17, 15) is 19.2 Å². The van der Waals surface area contributed by atoms with Crippen molar-refractivity contribution in [1.82, 2.24) is 0 Å². The van der Waals surface area contributed by atoms with Crippen molar-refractivity contribution in [3.63, 3.8) is 0 Å². The Balaban J connectivity index is 1.23. The molecule has 0 atom stereocenters. The van der Waals surface area contributed by atoms with Crippen LogP contribution in [0.15, 0.2) is 188 Å². The molecule has 0 aliphatic heterocycles. The third-order valence-corrected chi connectivity index (χ3v) is 12.6. The number of carbonyl (C=O) groups is 4. The monoisotopic (exact) mass is 936 g/mol. The summed E-state index contributed by atoms with van der Waals surface area (Å²) in [6.07, 6.45) is 0. The number of hydrogen-bond acceptors (Lipinski definition) is 9. The van der Waals surface area contributed by atoms with Crippen molar-refractivity contribution in [3.8, 4) is 11.5 Å². The molecule has 9 nitrogen and oxygen atoms in total. The number of fused-ring (bicyclic) bond motifs is 2. The molecule has 0 N–H and O–H groups in total. The molecule has 0 aliphatic rings. The van der Waals surface area contributed by atoms with Gasteiger partial charge in [0.2, 0.25) is 0 Å². The Morgan fingerprint density at radius 2 is 0.704 bits per heavy atom. The number of carbonyl (C=O) groups excluding carboxylic acids is 4. The van der Waals surface area contributed by atoms with Gasteiger partial charge in [0.25, 0.3) is 0 Å². The van der Waals surface area contributed by atoms with E-state index in [2.05, 4.69) is 20.8 Å². The average Bonchev–Trinajstić information content (AvgIpc) is 3.40. The highest BCUT2D eigenvalue weighted by molar-refractivity contribution is 6.39. The van der Waals surface area contributed by atoms with E-state index in [0.29, 0.717) is 48.8 Å². The molecule has 0 unspecified atom stereocenters. The molecule has 0 aliphatic carbocycles. The lowest BCUT2D eigenvalue weighted by Gasteiger charge is -2.23. The van der Waals surface area contributed by atoms with Gasteiger partial charge >= 0.3 is 23.9 Å². The highest BCUT2D eigenvalue weighted by Crippen LogP contribution is 2.49. The van der Waals surface area contributed by atoms with Gasteiger partial charge < -0.3 is 23.7 Å². The maximum Gasteiger partial charge on any atom is 0.339 e. The van der Waals surface area contributed by atoms with Gasteiger partial charge in [-0.05, 0) is 91.2 Å². The van der Waals surface area contributed by atoms with Crippen molar-refractivity contribution in [2.45, 2.75) is 52.6 Å². The van der Waals surface area contributed by atoms with E-state index in [0.717, 1.165) is 27.8 Å². The molecule has 0 bridgehead atoms. The van der Waals surface area contributed by atoms with E-state index >= 15 is 0 Å². The quantitative estimate of drug-likeness (QED) is 0.0455. The van der Waals surface area contributed by atoms with Crippen LogP contribution in [-0.2, 0) is 50.8 Å². The van der Waals surface area contributed by atoms with Crippen LogP contribution in [0.5, 0.6) is 11.5 Å². The third kappa shape index (κ3) is 9.50. The lowest BCUT2D eigenvalue weighted by Crippen LogP contribution is -2.13. The second kappa shape index (κ2) is 19.7. The van der Waals surface area contributed by atoms with Crippen molar-refractivity contribution in [2.24, 2.45) is 0 Å². The minimum absolute atomic E-state index is 0.00315. The van der Waals surface area contributed by atoms with Gasteiger partial charge in [0.05, 0.1) is 22.3 Å². The zero-order chi connectivity index (χ0) is 49.1. The van der Waals surface area contributed by atoms with Gasteiger partial charge in [-0.25, -0.2) is 19.2 Å². The normalized spacial score (nSPS) is 11.5. The van der Waals surface area contributed by atoms with Crippen molar-refractivity contribution in [3.05, 3.63) is 238 Å². The van der Waals surface area contributed by atoms with E-state index < -0.39 is 23.9 Å². The molecule has 0 spiro atoms. The van der Waals surface area contributed by atoms with Crippen molar-refractivity contribution in [1.29, 1.82) is 0 Å². The van der Waals surface area contributed by atoms with E-state index in [-0.39, 0.29) is 59.8 Å². The Bertz CT molecular complexity index is 3520. The van der Waals surface area contributed by atoms with E-state index in [4.69, 9.17) is 23.7 Å². The van der Waals surface area contributed by atoms with Crippen molar-refractivity contribution < 1.29 is 42.9 Å². The molecule has 0 heterocycles. The van der Waals surface area contributed by atoms with Gasteiger partial charge in [-0.1, -0.05) is 172 Å². The lowest BCUT2D eigenvalue weighted by molar-refractivity contribution is 0.0458. The van der Waals surface area contributed by atoms with Crippen LogP contribution in [0.25, 0.3) is 43.1 Å². The predicted molar refractivity (Wildman–Crippen MR) is 275 cm³/mol. The molecule has 10 aromatic carbocycles. The Labute approximate surface area is 410 Å². The summed E-state index contributed by atoms with van der Waals surface area (Å²) in [6.45, 7) is 6.34. The summed E-state index contributed by atoms with van der Waals surface area (Å²) < 4.78 is 30.8. The van der Waals surface area contributed by atoms with Crippen molar-refractivity contribution >= 4 is 67.0 Å². The zero-order valence-corrected chi connectivity index (χ0v) is 39.4. The first-order chi connectivity index (χ1) is 34.5. The van der Waals surface area contributed by atoms with E-state index in [1.54, 1.807) is 42.5 Å². The lowest BCUT2D eigenvalue weighted by atomic mass is 9.84. The molecule has 10 aromatic rings. The fraction of sp³-hybridized carbons (Fsp3) is 0.129. The van der Waals surface area contributed by atoms with Crippen LogP contribution < -0.4 is 4.74 Å². The molecule has 0 amide bonds. The SMILES string of the molecule is CC(C)(C)c1ccc(Oc2cc(C(=O)OCc3ccccc3)c3c(C(=O)OCc4ccccc4)ccc4c5ccc(C(=O)OCc6ccccc6)c6c(C(=O)OCc7ccccc7)ccc(c2c34)c65)cc1. The Morgan fingerprint density at radius 1 is 0.352 bits per heavy atom. The largest absolute Gasteiger partial charge is 0.457 e. The number of hydrogen-bond donors (Lipinski definition) is 0. The molecular weight excluding hydrogens is 889 g/mol. The third-order valence-electron chi connectivity index (χ3n) is 12.6. The van der Waals surface area contributed by atoms with Gasteiger partial charge in [0.1, 0.15) is 37.9 Å². The molecule has 0 fully saturated rings. The van der Waals surface area contributed by atoms with Crippen LogP contribution in [0.4, 0.5) is 0 Å².